The molecule has 0 spiro atoms. The number of hydrogen-bond donors (Lipinski definition) is 1. The van der Waals surface area contributed by atoms with Crippen LogP contribution in [0.5, 0.6) is 5.75 Å². The lowest BCUT2D eigenvalue weighted by molar-refractivity contribution is -0.116. The number of ketones is 2. The molecule has 0 amide bonds. The van der Waals surface area contributed by atoms with Crippen LogP contribution in [-0.2, 0) is 18.7 Å². The minimum atomic E-state index is -4.52. The van der Waals surface area contributed by atoms with Gasteiger partial charge in [-0.25, -0.2) is 4.57 Å². The summed E-state index contributed by atoms with van der Waals surface area (Å²) in [6.07, 6.45) is 2.83. The molecular formula is C12H9O6P. The van der Waals surface area contributed by atoms with E-state index in [2.05, 4.69) is 4.52 Å². The van der Waals surface area contributed by atoms with Crippen LogP contribution in [0.25, 0.3) is 0 Å². The average Bonchev–Trinajstić information content (AvgIpc) is 2.34. The van der Waals surface area contributed by atoms with Crippen molar-refractivity contribution in [3.63, 3.8) is 0 Å². The van der Waals surface area contributed by atoms with Gasteiger partial charge in [0.15, 0.2) is 11.5 Å². The topological polar surface area (TPSA) is 89.9 Å². The van der Waals surface area contributed by atoms with E-state index in [1.807, 2.05) is 0 Å². The third-order valence-corrected chi connectivity index (χ3v) is 2.96. The molecule has 0 radical (unpaired) electrons. The van der Waals surface area contributed by atoms with E-state index >= 15 is 0 Å². The van der Waals surface area contributed by atoms with E-state index in [0.29, 0.717) is 0 Å². The predicted molar refractivity (Wildman–Crippen MR) is 65.2 cm³/mol. The van der Waals surface area contributed by atoms with Gasteiger partial charge in [-0.05, 0) is 24.3 Å². The summed E-state index contributed by atoms with van der Waals surface area (Å²) in [5.41, 5.74) is 0. The fourth-order valence-corrected chi connectivity index (χ4v) is 2.13. The molecule has 1 N–H and O–H groups in total. The van der Waals surface area contributed by atoms with E-state index in [0.717, 1.165) is 18.2 Å². The second kappa shape index (κ2) is 5.22. The number of phosphoric acid groups is 1. The predicted octanol–water partition coefficient (Wildman–Crippen LogP) is 1.77. The average molecular weight is 280 g/mol. The monoisotopic (exact) mass is 280 g/mol. The van der Waals surface area contributed by atoms with Gasteiger partial charge >= 0.3 is 7.82 Å². The number of phosphoric ester groups is 1. The Kier molecular flexibility index (Phi) is 3.64. The van der Waals surface area contributed by atoms with Crippen LogP contribution >= 0.6 is 7.82 Å². The van der Waals surface area contributed by atoms with E-state index < -0.39 is 25.1 Å². The molecule has 0 saturated heterocycles. The molecule has 0 heterocycles. The maximum atomic E-state index is 11.7. The summed E-state index contributed by atoms with van der Waals surface area (Å²) >= 11 is 0. The van der Waals surface area contributed by atoms with Crippen molar-refractivity contribution in [2.45, 2.75) is 0 Å². The molecule has 1 aromatic rings. The Morgan fingerprint density at radius 3 is 2.37 bits per heavy atom. The fraction of sp³-hybridized carbons (Fsp3) is 0. The van der Waals surface area contributed by atoms with E-state index in [9.17, 15) is 19.0 Å². The van der Waals surface area contributed by atoms with Crippen molar-refractivity contribution in [1.29, 1.82) is 0 Å². The summed E-state index contributed by atoms with van der Waals surface area (Å²) in [6, 6.07) is 7.81. The number of para-hydroxylation sites is 1. The SMILES string of the molecule is O=C1C=CC(=O)C(OP(=O)(O)Oc2ccccc2)=C1. The Hall–Kier alpha value is -2.17. The van der Waals surface area contributed by atoms with Crippen LogP contribution in [0.1, 0.15) is 0 Å². The van der Waals surface area contributed by atoms with Gasteiger partial charge in [0.25, 0.3) is 0 Å². The second-order valence-corrected chi connectivity index (χ2v) is 4.87. The van der Waals surface area contributed by atoms with Crippen LogP contribution in [0.15, 0.2) is 54.3 Å². The molecular weight excluding hydrogens is 271 g/mol. The quantitative estimate of drug-likeness (QED) is 0.667. The van der Waals surface area contributed by atoms with E-state index in [1.165, 1.54) is 12.1 Å². The third kappa shape index (κ3) is 3.64. The third-order valence-electron chi connectivity index (χ3n) is 2.09. The number of carbonyl (C=O) groups is 2. The van der Waals surface area contributed by atoms with Crippen molar-refractivity contribution in [2.24, 2.45) is 0 Å². The number of hydrogen-bond acceptors (Lipinski definition) is 5. The van der Waals surface area contributed by atoms with Gasteiger partial charge in [-0.1, -0.05) is 18.2 Å². The molecule has 0 bridgehead atoms. The van der Waals surface area contributed by atoms with Gasteiger partial charge in [-0.15, -0.1) is 0 Å². The lowest BCUT2D eigenvalue weighted by atomic mass is 10.1. The van der Waals surface area contributed by atoms with E-state index in [1.54, 1.807) is 18.2 Å². The number of allylic oxidation sites excluding steroid dienone is 3. The minimum absolute atomic E-state index is 0.110. The standard InChI is InChI=1S/C12H9O6P/c13-9-6-7-11(14)12(8-9)18-19(15,16)17-10-4-2-1-3-5-10/h1-8H,(H,15,16). The van der Waals surface area contributed by atoms with Crippen molar-refractivity contribution in [3.05, 3.63) is 54.3 Å². The summed E-state index contributed by atoms with van der Waals surface area (Å²) in [4.78, 5) is 31.9. The van der Waals surface area contributed by atoms with Gasteiger partial charge in [-0.3, -0.25) is 14.5 Å². The zero-order valence-corrected chi connectivity index (χ0v) is 10.4. The zero-order chi connectivity index (χ0) is 13.9. The maximum Gasteiger partial charge on any atom is 0.585 e. The van der Waals surface area contributed by atoms with Gasteiger partial charge < -0.3 is 9.05 Å². The van der Waals surface area contributed by atoms with E-state index in [4.69, 9.17) is 4.52 Å². The highest BCUT2D eigenvalue weighted by Crippen LogP contribution is 2.46. The van der Waals surface area contributed by atoms with Crippen LogP contribution in [0.3, 0.4) is 0 Å². The summed E-state index contributed by atoms with van der Waals surface area (Å²) in [5, 5.41) is 0. The van der Waals surface area contributed by atoms with Crippen LogP contribution in [0.2, 0.25) is 0 Å². The molecule has 1 unspecified atom stereocenters. The van der Waals surface area contributed by atoms with Crippen LogP contribution in [0.4, 0.5) is 0 Å². The molecule has 1 aliphatic carbocycles. The molecule has 1 aliphatic rings. The summed E-state index contributed by atoms with van der Waals surface area (Å²) < 4.78 is 21.0. The fourth-order valence-electron chi connectivity index (χ4n) is 1.32. The highest BCUT2D eigenvalue weighted by Gasteiger charge is 2.29. The highest BCUT2D eigenvalue weighted by atomic mass is 31.2. The van der Waals surface area contributed by atoms with Crippen LogP contribution in [-0.4, -0.2) is 16.5 Å². The molecule has 6 nitrogen and oxygen atoms in total. The summed E-state index contributed by atoms with van der Waals surface area (Å²) in [7, 11) is -4.52. The second-order valence-electron chi connectivity index (χ2n) is 3.57. The molecule has 7 heteroatoms. The Labute approximate surface area is 108 Å². The van der Waals surface area contributed by atoms with Crippen molar-refractivity contribution in [1.82, 2.24) is 0 Å². The molecule has 0 fully saturated rings. The first-order chi connectivity index (χ1) is 8.96. The normalized spacial score (nSPS) is 17.6. The van der Waals surface area contributed by atoms with Gasteiger partial charge in [0.1, 0.15) is 5.75 Å². The van der Waals surface area contributed by atoms with Crippen molar-refractivity contribution >= 4 is 19.4 Å². The van der Waals surface area contributed by atoms with Crippen molar-refractivity contribution in [3.8, 4) is 5.75 Å². The van der Waals surface area contributed by atoms with E-state index in [-0.39, 0.29) is 5.75 Å². The first-order valence-electron chi connectivity index (χ1n) is 5.21. The van der Waals surface area contributed by atoms with Crippen LogP contribution in [0, 0.1) is 0 Å². The van der Waals surface area contributed by atoms with Gasteiger partial charge in [0.2, 0.25) is 5.78 Å². The van der Waals surface area contributed by atoms with Crippen molar-refractivity contribution in [2.75, 3.05) is 0 Å². The summed E-state index contributed by atoms with van der Waals surface area (Å²) in [5.74, 6) is -1.59. The lowest BCUT2D eigenvalue weighted by Gasteiger charge is -2.15. The zero-order valence-electron chi connectivity index (χ0n) is 9.55. The van der Waals surface area contributed by atoms with Crippen LogP contribution < -0.4 is 4.52 Å². The maximum absolute atomic E-state index is 11.7. The molecule has 19 heavy (non-hydrogen) atoms. The first kappa shape index (κ1) is 13.3. The minimum Gasteiger partial charge on any atom is -0.395 e. The molecule has 2 rings (SSSR count). The lowest BCUT2D eigenvalue weighted by Crippen LogP contribution is -2.11. The Morgan fingerprint density at radius 2 is 1.68 bits per heavy atom. The Balaban J connectivity index is 2.11. The number of rotatable bonds is 4. The smallest absolute Gasteiger partial charge is 0.395 e. The molecule has 0 aromatic heterocycles. The molecule has 0 saturated carbocycles. The van der Waals surface area contributed by atoms with Gasteiger partial charge in [0.05, 0.1) is 0 Å². The van der Waals surface area contributed by atoms with Gasteiger partial charge in [0, 0.05) is 6.08 Å². The first-order valence-corrected chi connectivity index (χ1v) is 6.71. The van der Waals surface area contributed by atoms with Gasteiger partial charge in [-0.2, -0.15) is 0 Å². The Bertz CT molecular complexity index is 616. The summed E-state index contributed by atoms with van der Waals surface area (Å²) in [6.45, 7) is 0. The molecule has 0 aliphatic heterocycles. The Morgan fingerprint density at radius 1 is 1.00 bits per heavy atom. The molecule has 1 aromatic carbocycles. The number of benzene rings is 1. The molecule has 1 atom stereocenters. The molecule has 98 valence electrons. The number of carbonyl (C=O) groups excluding carboxylic acids is 2. The van der Waals surface area contributed by atoms with Crippen molar-refractivity contribution < 1.29 is 28.1 Å². The largest absolute Gasteiger partial charge is 0.585 e. The highest BCUT2D eigenvalue weighted by molar-refractivity contribution is 7.48.